The number of carbonyl (C=O) groups is 2. The standard InChI is InChI=1S/C14H13NO3/c1-15-6-5-12(8-15)14(17)10-18-13-4-2-3-11(7-13)9-16/h2-9H,10H2,1H3. The van der Waals surface area contributed by atoms with E-state index in [4.69, 9.17) is 4.74 Å². The molecule has 0 saturated heterocycles. The number of nitrogens with zero attached hydrogens (tertiary/aromatic N) is 1. The van der Waals surface area contributed by atoms with Gasteiger partial charge < -0.3 is 9.30 Å². The third-order valence-corrected chi connectivity index (χ3v) is 2.52. The van der Waals surface area contributed by atoms with Crippen LogP contribution in [0.4, 0.5) is 0 Å². The molecule has 0 amide bonds. The van der Waals surface area contributed by atoms with Gasteiger partial charge in [0.15, 0.2) is 6.61 Å². The number of benzene rings is 1. The summed E-state index contributed by atoms with van der Waals surface area (Å²) in [6.45, 7) is -0.0354. The molecule has 0 radical (unpaired) electrons. The Kier molecular flexibility index (Phi) is 3.57. The molecule has 0 atom stereocenters. The number of Topliss-reactive ketones (excluding diaryl/α,β-unsaturated/α-hetero) is 1. The molecule has 0 unspecified atom stereocenters. The largest absolute Gasteiger partial charge is 0.485 e. The number of aromatic nitrogens is 1. The summed E-state index contributed by atoms with van der Waals surface area (Å²) in [4.78, 5) is 22.4. The monoisotopic (exact) mass is 243 g/mol. The first-order chi connectivity index (χ1) is 8.69. The van der Waals surface area contributed by atoms with Gasteiger partial charge in [-0.2, -0.15) is 0 Å². The van der Waals surface area contributed by atoms with Crippen LogP contribution in [0.3, 0.4) is 0 Å². The van der Waals surface area contributed by atoms with Gasteiger partial charge in [-0.15, -0.1) is 0 Å². The van der Waals surface area contributed by atoms with Crippen molar-refractivity contribution in [3.63, 3.8) is 0 Å². The van der Waals surface area contributed by atoms with Gasteiger partial charge in [-0.3, -0.25) is 9.59 Å². The average Bonchev–Trinajstić information content (AvgIpc) is 2.83. The molecule has 92 valence electrons. The van der Waals surface area contributed by atoms with E-state index in [1.165, 1.54) is 0 Å². The number of aryl methyl sites for hydroxylation is 1. The van der Waals surface area contributed by atoms with Crippen LogP contribution in [0.2, 0.25) is 0 Å². The predicted octanol–water partition coefficient (Wildman–Crippen LogP) is 2.10. The van der Waals surface area contributed by atoms with E-state index < -0.39 is 0 Å². The van der Waals surface area contributed by atoms with Crippen LogP contribution in [0.15, 0.2) is 42.7 Å². The molecule has 0 spiro atoms. The van der Waals surface area contributed by atoms with Gasteiger partial charge in [0.25, 0.3) is 0 Å². The first-order valence-corrected chi connectivity index (χ1v) is 5.52. The van der Waals surface area contributed by atoms with E-state index in [0.29, 0.717) is 16.9 Å². The van der Waals surface area contributed by atoms with Gasteiger partial charge in [0.1, 0.15) is 12.0 Å². The number of carbonyl (C=O) groups excluding carboxylic acids is 2. The summed E-state index contributed by atoms with van der Waals surface area (Å²) in [5, 5.41) is 0. The van der Waals surface area contributed by atoms with E-state index in [1.807, 2.05) is 7.05 Å². The second-order valence-electron chi connectivity index (χ2n) is 3.97. The molecule has 4 nitrogen and oxygen atoms in total. The fraction of sp³-hybridized carbons (Fsp3) is 0.143. The molecule has 18 heavy (non-hydrogen) atoms. The Labute approximate surface area is 105 Å². The molecule has 1 aromatic heterocycles. The summed E-state index contributed by atoms with van der Waals surface area (Å²) in [5.74, 6) is 0.427. The molecule has 0 saturated carbocycles. The van der Waals surface area contributed by atoms with E-state index in [1.54, 1.807) is 47.3 Å². The van der Waals surface area contributed by atoms with E-state index in [-0.39, 0.29) is 12.4 Å². The van der Waals surface area contributed by atoms with Crippen LogP contribution >= 0.6 is 0 Å². The van der Waals surface area contributed by atoms with E-state index >= 15 is 0 Å². The predicted molar refractivity (Wildman–Crippen MR) is 67.1 cm³/mol. The minimum atomic E-state index is -0.0906. The third kappa shape index (κ3) is 2.85. The quantitative estimate of drug-likeness (QED) is 0.597. The topological polar surface area (TPSA) is 48.3 Å². The van der Waals surface area contributed by atoms with Crippen LogP contribution in [0.1, 0.15) is 20.7 Å². The molecule has 1 heterocycles. The highest BCUT2D eigenvalue weighted by molar-refractivity contribution is 5.97. The molecule has 0 aliphatic carbocycles. The van der Waals surface area contributed by atoms with Crippen molar-refractivity contribution >= 4 is 12.1 Å². The highest BCUT2D eigenvalue weighted by atomic mass is 16.5. The van der Waals surface area contributed by atoms with Crippen molar-refractivity contribution in [2.45, 2.75) is 0 Å². The lowest BCUT2D eigenvalue weighted by atomic mass is 10.2. The number of aldehydes is 1. The van der Waals surface area contributed by atoms with Crippen molar-refractivity contribution in [3.8, 4) is 5.75 Å². The summed E-state index contributed by atoms with van der Waals surface area (Å²) in [6, 6.07) is 8.45. The van der Waals surface area contributed by atoms with E-state index in [2.05, 4.69) is 0 Å². The number of hydrogen-bond acceptors (Lipinski definition) is 3. The summed E-state index contributed by atoms with van der Waals surface area (Å²) < 4.78 is 7.16. The fourth-order valence-corrected chi connectivity index (χ4v) is 1.58. The molecule has 2 aromatic rings. The highest BCUT2D eigenvalue weighted by Crippen LogP contribution is 2.12. The minimum Gasteiger partial charge on any atom is -0.485 e. The van der Waals surface area contributed by atoms with Crippen molar-refractivity contribution in [1.29, 1.82) is 0 Å². The molecular weight excluding hydrogens is 230 g/mol. The maximum Gasteiger partial charge on any atom is 0.201 e. The Balaban J connectivity index is 1.99. The first kappa shape index (κ1) is 12.1. The maximum absolute atomic E-state index is 11.8. The molecule has 0 fully saturated rings. The molecule has 0 N–H and O–H groups in total. The van der Waals surface area contributed by atoms with Crippen molar-refractivity contribution in [2.75, 3.05) is 6.61 Å². The summed E-state index contributed by atoms with van der Waals surface area (Å²) in [5.41, 5.74) is 1.14. The van der Waals surface area contributed by atoms with Gasteiger partial charge in [0, 0.05) is 30.6 Å². The smallest absolute Gasteiger partial charge is 0.201 e. The third-order valence-electron chi connectivity index (χ3n) is 2.52. The normalized spacial score (nSPS) is 10.1. The minimum absolute atomic E-state index is 0.0354. The highest BCUT2D eigenvalue weighted by Gasteiger charge is 2.08. The molecule has 2 rings (SSSR count). The zero-order chi connectivity index (χ0) is 13.0. The Morgan fingerprint density at radius 2 is 2.22 bits per heavy atom. The van der Waals surface area contributed by atoms with Crippen molar-refractivity contribution in [1.82, 2.24) is 4.57 Å². The van der Waals surface area contributed by atoms with Crippen LogP contribution in [0.5, 0.6) is 5.75 Å². The first-order valence-electron chi connectivity index (χ1n) is 5.52. The average molecular weight is 243 g/mol. The SMILES string of the molecule is Cn1ccc(C(=O)COc2cccc(C=O)c2)c1. The van der Waals surface area contributed by atoms with Crippen molar-refractivity contribution < 1.29 is 14.3 Å². The van der Waals surface area contributed by atoms with Crippen LogP contribution in [0.25, 0.3) is 0 Å². The van der Waals surface area contributed by atoms with Crippen LogP contribution in [-0.2, 0) is 7.05 Å². The maximum atomic E-state index is 11.8. The van der Waals surface area contributed by atoms with Gasteiger partial charge in [0.2, 0.25) is 5.78 Å². The number of hydrogen-bond donors (Lipinski definition) is 0. The lowest BCUT2D eigenvalue weighted by Gasteiger charge is -2.04. The zero-order valence-electron chi connectivity index (χ0n) is 10.00. The van der Waals surface area contributed by atoms with Gasteiger partial charge in [-0.25, -0.2) is 0 Å². The second-order valence-corrected chi connectivity index (χ2v) is 3.97. The second kappa shape index (κ2) is 5.31. The van der Waals surface area contributed by atoms with Crippen LogP contribution < -0.4 is 4.74 Å². The Hall–Kier alpha value is -2.36. The Morgan fingerprint density at radius 1 is 1.39 bits per heavy atom. The lowest BCUT2D eigenvalue weighted by molar-refractivity contribution is 0.0921. The van der Waals surface area contributed by atoms with E-state index in [9.17, 15) is 9.59 Å². The fourth-order valence-electron chi connectivity index (χ4n) is 1.58. The summed E-state index contributed by atoms with van der Waals surface area (Å²) in [6.07, 6.45) is 4.29. The molecule has 0 bridgehead atoms. The van der Waals surface area contributed by atoms with Gasteiger partial charge in [0.05, 0.1) is 0 Å². The lowest BCUT2D eigenvalue weighted by Crippen LogP contribution is -2.11. The Bertz CT molecular complexity index is 572. The van der Waals surface area contributed by atoms with Gasteiger partial charge >= 0.3 is 0 Å². The van der Waals surface area contributed by atoms with E-state index in [0.717, 1.165) is 6.29 Å². The number of rotatable bonds is 5. The van der Waals surface area contributed by atoms with Crippen LogP contribution in [-0.4, -0.2) is 23.2 Å². The molecular formula is C14H13NO3. The molecule has 4 heteroatoms. The number of ketones is 1. The molecule has 0 aliphatic rings. The number of ether oxygens (including phenoxy) is 1. The summed E-state index contributed by atoms with van der Waals surface area (Å²) in [7, 11) is 1.85. The summed E-state index contributed by atoms with van der Waals surface area (Å²) >= 11 is 0. The molecule has 0 aliphatic heterocycles. The Morgan fingerprint density at radius 3 is 2.89 bits per heavy atom. The van der Waals surface area contributed by atoms with Gasteiger partial charge in [-0.1, -0.05) is 12.1 Å². The molecule has 1 aromatic carbocycles. The van der Waals surface area contributed by atoms with Crippen LogP contribution in [0, 0.1) is 0 Å². The van der Waals surface area contributed by atoms with Crippen molar-refractivity contribution in [2.24, 2.45) is 7.05 Å². The zero-order valence-corrected chi connectivity index (χ0v) is 10.00. The van der Waals surface area contributed by atoms with Gasteiger partial charge in [-0.05, 0) is 18.2 Å². The van der Waals surface area contributed by atoms with Crippen molar-refractivity contribution in [3.05, 3.63) is 53.9 Å².